The van der Waals surface area contributed by atoms with Crippen LogP contribution in [0.15, 0.2) is 58.7 Å². The lowest BCUT2D eigenvalue weighted by Crippen LogP contribution is -2.52. The molecule has 0 N–H and O–H groups in total. The molecule has 0 spiro atoms. The number of aromatic nitrogens is 1. The fourth-order valence-corrected chi connectivity index (χ4v) is 5.79. The van der Waals surface area contributed by atoms with Crippen molar-refractivity contribution < 1.29 is 18.7 Å². The van der Waals surface area contributed by atoms with Gasteiger partial charge in [-0.25, -0.2) is 9.37 Å². The minimum atomic E-state index is -0.315. The molecule has 0 bridgehead atoms. The van der Waals surface area contributed by atoms with E-state index < -0.39 is 0 Å². The van der Waals surface area contributed by atoms with E-state index in [4.69, 9.17) is 14.7 Å². The zero-order valence-corrected chi connectivity index (χ0v) is 22.5. The zero-order chi connectivity index (χ0) is 26.8. The van der Waals surface area contributed by atoms with E-state index in [1.165, 1.54) is 23.5 Å². The van der Waals surface area contributed by atoms with Gasteiger partial charge in [-0.15, -0.1) is 11.3 Å². The molecule has 9 nitrogen and oxygen atoms in total. The van der Waals surface area contributed by atoms with Gasteiger partial charge in [-0.2, -0.15) is 0 Å². The van der Waals surface area contributed by atoms with Crippen LogP contribution in [0.5, 0.6) is 0 Å². The van der Waals surface area contributed by atoms with Crippen LogP contribution in [-0.4, -0.2) is 89.4 Å². The summed E-state index contributed by atoms with van der Waals surface area (Å²) in [6.45, 7) is 5.56. The summed E-state index contributed by atoms with van der Waals surface area (Å²) in [6.07, 6.45) is 6.61. The standard InChI is InChI=1S/C27H31FN6O3S/c1-4-21-26(31(3)27-30-22(17-38-27)18-6-8-19(28)9-7-18)34-14-20(10-11-23(34)29-21)33-13-12-32(15-24(33)35)16-25(36)37-5-2/h6-11,14,17,21,26H,4-5,12-13,15-16H2,1-3H3. The Labute approximate surface area is 225 Å². The molecule has 5 rings (SSSR count). The molecule has 1 aromatic carbocycles. The van der Waals surface area contributed by atoms with E-state index in [1.54, 1.807) is 24.0 Å². The largest absolute Gasteiger partial charge is 0.465 e. The number of hydrogen-bond donors (Lipinski definition) is 0. The topological polar surface area (TPSA) is 81.6 Å². The van der Waals surface area contributed by atoms with Crippen molar-refractivity contribution >= 4 is 34.2 Å². The Morgan fingerprint density at radius 2 is 2.00 bits per heavy atom. The fraction of sp³-hybridized carbons (Fsp3) is 0.407. The van der Waals surface area contributed by atoms with Crippen LogP contribution < -0.4 is 4.90 Å². The quantitative estimate of drug-likeness (QED) is 0.477. The Morgan fingerprint density at radius 3 is 2.71 bits per heavy atom. The molecule has 38 heavy (non-hydrogen) atoms. The molecule has 3 aliphatic rings. The van der Waals surface area contributed by atoms with Crippen LogP contribution in [0.2, 0.25) is 0 Å². The van der Waals surface area contributed by atoms with Crippen LogP contribution in [0.4, 0.5) is 9.52 Å². The maximum atomic E-state index is 13.4. The number of benzene rings is 1. The van der Waals surface area contributed by atoms with Crippen molar-refractivity contribution in [1.29, 1.82) is 0 Å². The number of nitrogens with zero attached hydrogens (tertiary/aromatic N) is 6. The Balaban J connectivity index is 1.33. The number of aliphatic imine (C=N–C) groups is 1. The van der Waals surface area contributed by atoms with Crippen molar-refractivity contribution in [3.05, 3.63) is 59.5 Å². The van der Waals surface area contributed by atoms with Crippen LogP contribution in [0, 0.1) is 5.82 Å². The van der Waals surface area contributed by atoms with Gasteiger partial charge in [0.15, 0.2) is 5.13 Å². The lowest BCUT2D eigenvalue weighted by molar-refractivity contribution is -0.146. The number of rotatable bonds is 8. The molecule has 0 saturated carbocycles. The maximum absolute atomic E-state index is 13.4. The molecule has 1 amide bonds. The van der Waals surface area contributed by atoms with Gasteiger partial charge in [0.25, 0.3) is 0 Å². The Kier molecular flexibility index (Phi) is 7.57. The van der Waals surface area contributed by atoms with Gasteiger partial charge < -0.3 is 19.4 Å². The van der Waals surface area contributed by atoms with Crippen LogP contribution in [0.3, 0.4) is 0 Å². The summed E-state index contributed by atoms with van der Waals surface area (Å²) >= 11 is 1.53. The summed E-state index contributed by atoms with van der Waals surface area (Å²) in [4.78, 5) is 42.4. The molecule has 3 aliphatic heterocycles. The Bertz CT molecular complexity index is 1290. The number of thiazole rings is 1. The summed E-state index contributed by atoms with van der Waals surface area (Å²) in [5.74, 6) is 0.199. The number of piperazine rings is 1. The second-order valence-electron chi connectivity index (χ2n) is 9.37. The molecule has 1 fully saturated rings. The normalized spacial score (nSPS) is 21.3. The molecule has 4 heterocycles. The third-order valence-electron chi connectivity index (χ3n) is 6.88. The highest BCUT2D eigenvalue weighted by molar-refractivity contribution is 7.14. The predicted molar refractivity (Wildman–Crippen MR) is 145 cm³/mol. The van der Waals surface area contributed by atoms with Gasteiger partial charge in [-0.1, -0.05) is 6.92 Å². The number of amides is 1. The van der Waals surface area contributed by atoms with Crippen molar-refractivity contribution in [2.45, 2.75) is 32.5 Å². The SMILES string of the molecule is CCOC(=O)CN1CCN(C2=CN3C(=NC(CC)C3N(C)c3nc(-c4ccc(F)cc4)cs3)C=C2)C(=O)C1. The maximum Gasteiger partial charge on any atom is 0.320 e. The second kappa shape index (κ2) is 11.0. The third-order valence-corrected chi connectivity index (χ3v) is 7.82. The van der Waals surface area contributed by atoms with E-state index >= 15 is 0 Å². The Morgan fingerprint density at radius 1 is 1.21 bits per heavy atom. The zero-order valence-electron chi connectivity index (χ0n) is 21.7. The number of likely N-dealkylation sites (N-methyl/N-ethyl adjacent to an activating group) is 1. The molecular weight excluding hydrogens is 507 g/mol. The van der Waals surface area contributed by atoms with Crippen molar-refractivity contribution in [3.8, 4) is 11.3 Å². The van der Waals surface area contributed by atoms with Crippen LogP contribution >= 0.6 is 11.3 Å². The molecule has 0 aliphatic carbocycles. The smallest absolute Gasteiger partial charge is 0.320 e. The van der Waals surface area contributed by atoms with Gasteiger partial charge in [0.05, 0.1) is 37.1 Å². The lowest BCUT2D eigenvalue weighted by Gasteiger charge is -2.38. The van der Waals surface area contributed by atoms with Crippen molar-refractivity contribution in [2.24, 2.45) is 4.99 Å². The fourth-order valence-electron chi connectivity index (χ4n) is 4.96. The lowest BCUT2D eigenvalue weighted by atomic mass is 10.1. The number of anilines is 1. The first-order valence-corrected chi connectivity index (χ1v) is 13.6. The number of ether oxygens (including phenoxy) is 1. The number of carbonyl (C=O) groups is 2. The van der Waals surface area contributed by atoms with Crippen LogP contribution in [0.1, 0.15) is 20.3 Å². The van der Waals surface area contributed by atoms with E-state index in [0.29, 0.717) is 19.7 Å². The second-order valence-corrected chi connectivity index (χ2v) is 10.2. The summed E-state index contributed by atoms with van der Waals surface area (Å²) in [7, 11) is 2.00. The Hall–Kier alpha value is -3.57. The number of carbonyl (C=O) groups excluding carboxylic acids is 2. The third kappa shape index (κ3) is 5.21. The number of halogens is 1. The van der Waals surface area contributed by atoms with E-state index in [9.17, 15) is 14.0 Å². The molecule has 2 aromatic rings. The molecule has 1 saturated heterocycles. The number of amidine groups is 1. The molecule has 0 radical (unpaired) electrons. The summed E-state index contributed by atoms with van der Waals surface area (Å²) in [5.41, 5.74) is 2.46. The predicted octanol–water partition coefficient (Wildman–Crippen LogP) is 3.32. The average molecular weight is 539 g/mol. The van der Waals surface area contributed by atoms with Gasteiger partial charge in [0.2, 0.25) is 5.91 Å². The first-order chi connectivity index (χ1) is 18.4. The van der Waals surface area contributed by atoms with Gasteiger partial charge in [0, 0.05) is 37.3 Å². The van der Waals surface area contributed by atoms with Crippen molar-refractivity contribution in [3.63, 3.8) is 0 Å². The van der Waals surface area contributed by atoms with Crippen LogP contribution in [0.25, 0.3) is 11.3 Å². The minimum Gasteiger partial charge on any atom is -0.465 e. The van der Waals surface area contributed by atoms with Gasteiger partial charge in [-0.05, 0) is 49.8 Å². The van der Waals surface area contributed by atoms with Crippen molar-refractivity contribution in [1.82, 2.24) is 19.7 Å². The van der Waals surface area contributed by atoms with E-state index in [0.717, 1.165) is 34.3 Å². The molecule has 2 unspecified atom stereocenters. The minimum absolute atomic E-state index is 0.0190. The van der Waals surface area contributed by atoms with E-state index in [2.05, 4.69) is 16.7 Å². The number of esters is 1. The first kappa shape index (κ1) is 26.1. The first-order valence-electron chi connectivity index (χ1n) is 12.8. The average Bonchev–Trinajstić information content (AvgIpc) is 3.54. The highest BCUT2D eigenvalue weighted by atomic mass is 32.1. The number of fused-ring (bicyclic) bond motifs is 1. The highest BCUT2D eigenvalue weighted by Gasteiger charge is 2.39. The highest BCUT2D eigenvalue weighted by Crippen LogP contribution is 2.34. The number of allylic oxidation sites excluding steroid dienone is 1. The molecule has 11 heteroatoms. The summed E-state index contributed by atoms with van der Waals surface area (Å²) in [5, 5.41) is 2.81. The van der Waals surface area contributed by atoms with Gasteiger partial charge >= 0.3 is 5.97 Å². The summed E-state index contributed by atoms with van der Waals surface area (Å²) < 4.78 is 18.4. The van der Waals surface area contributed by atoms with Gasteiger partial charge in [-0.3, -0.25) is 19.5 Å². The molecule has 1 aromatic heterocycles. The number of hydrogen-bond acceptors (Lipinski definition) is 9. The molecular formula is C27H31FN6O3S. The summed E-state index contributed by atoms with van der Waals surface area (Å²) in [6, 6.07) is 6.35. The van der Waals surface area contributed by atoms with E-state index in [-0.39, 0.29) is 43.0 Å². The molecule has 2 atom stereocenters. The van der Waals surface area contributed by atoms with E-state index in [1.807, 2.05) is 35.7 Å². The van der Waals surface area contributed by atoms with Crippen LogP contribution in [-0.2, 0) is 14.3 Å². The van der Waals surface area contributed by atoms with Crippen molar-refractivity contribution in [2.75, 3.05) is 44.7 Å². The van der Waals surface area contributed by atoms with Gasteiger partial charge in [0.1, 0.15) is 17.8 Å². The molecule has 200 valence electrons. The monoisotopic (exact) mass is 538 g/mol.